The average molecular weight is 249 g/mol. The molecule has 2 heteroatoms. The van der Waals surface area contributed by atoms with Crippen molar-refractivity contribution in [2.45, 2.75) is 53.0 Å². The van der Waals surface area contributed by atoms with Gasteiger partial charge in [0.25, 0.3) is 0 Å². The largest absolute Gasteiger partial charge is 0.495 e. The molecular weight excluding hydrogens is 222 g/mol. The second kappa shape index (κ2) is 7.30. The lowest BCUT2D eigenvalue weighted by molar-refractivity contribution is 0.413. The highest BCUT2D eigenvalue weighted by Gasteiger charge is 2.12. The SMILES string of the molecule is CCC(C)CC(CC)Nc1ccc(C)cc1OC. The molecule has 0 saturated carbocycles. The van der Waals surface area contributed by atoms with E-state index in [-0.39, 0.29) is 0 Å². The third-order valence-electron chi connectivity index (χ3n) is 3.59. The summed E-state index contributed by atoms with van der Waals surface area (Å²) in [4.78, 5) is 0. The Labute approximate surface area is 112 Å². The normalized spacial score (nSPS) is 14.1. The number of ether oxygens (including phenoxy) is 1. The van der Waals surface area contributed by atoms with Crippen LogP contribution < -0.4 is 10.1 Å². The van der Waals surface area contributed by atoms with Crippen LogP contribution in [0.25, 0.3) is 0 Å². The van der Waals surface area contributed by atoms with Crippen LogP contribution in [0.4, 0.5) is 5.69 Å². The number of methoxy groups -OCH3 is 1. The van der Waals surface area contributed by atoms with E-state index in [0.717, 1.165) is 23.8 Å². The molecule has 0 bridgehead atoms. The molecule has 0 radical (unpaired) electrons. The zero-order valence-electron chi connectivity index (χ0n) is 12.4. The molecule has 0 fully saturated rings. The van der Waals surface area contributed by atoms with E-state index in [0.29, 0.717) is 6.04 Å². The van der Waals surface area contributed by atoms with Gasteiger partial charge in [-0.05, 0) is 43.4 Å². The first-order valence-corrected chi connectivity index (χ1v) is 7.01. The second-order valence-corrected chi connectivity index (χ2v) is 5.20. The van der Waals surface area contributed by atoms with Gasteiger partial charge in [-0.2, -0.15) is 0 Å². The summed E-state index contributed by atoms with van der Waals surface area (Å²) in [5.41, 5.74) is 2.34. The minimum Gasteiger partial charge on any atom is -0.495 e. The van der Waals surface area contributed by atoms with Crippen molar-refractivity contribution < 1.29 is 4.74 Å². The number of benzene rings is 1. The topological polar surface area (TPSA) is 21.3 Å². The molecule has 2 atom stereocenters. The van der Waals surface area contributed by atoms with Crippen LogP contribution in [0, 0.1) is 12.8 Å². The first-order valence-electron chi connectivity index (χ1n) is 7.01. The monoisotopic (exact) mass is 249 g/mol. The zero-order valence-corrected chi connectivity index (χ0v) is 12.4. The molecule has 1 aromatic rings. The van der Waals surface area contributed by atoms with Crippen LogP contribution in [0.5, 0.6) is 5.75 Å². The van der Waals surface area contributed by atoms with E-state index >= 15 is 0 Å². The van der Waals surface area contributed by atoms with E-state index in [1.807, 2.05) is 0 Å². The van der Waals surface area contributed by atoms with E-state index < -0.39 is 0 Å². The molecule has 0 amide bonds. The van der Waals surface area contributed by atoms with Crippen molar-refractivity contribution in [2.24, 2.45) is 5.92 Å². The van der Waals surface area contributed by atoms with Gasteiger partial charge in [0.2, 0.25) is 0 Å². The third-order valence-corrected chi connectivity index (χ3v) is 3.59. The van der Waals surface area contributed by atoms with Crippen molar-refractivity contribution >= 4 is 5.69 Å². The average Bonchev–Trinajstić information content (AvgIpc) is 2.39. The van der Waals surface area contributed by atoms with Gasteiger partial charge in [0, 0.05) is 6.04 Å². The minimum atomic E-state index is 0.525. The Kier molecular flexibility index (Phi) is 6.03. The molecule has 0 heterocycles. The summed E-state index contributed by atoms with van der Waals surface area (Å²) in [6, 6.07) is 6.85. The summed E-state index contributed by atoms with van der Waals surface area (Å²) < 4.78 is 5.44. The number of anilines is 1. The van der Waals surface area contributed by atoms with Crippen LogP contribution in [0.1, 0.15) is 45.6 Å². The molecule has 2 nitrogen and oxygen atoms in total. The highest BCUT2D eigenvalue weighted by molar-refractivity contribution is 5.58. The van der Waals surface area contributed by atoms with Gasteiger partial charge >= 0.3 is 0 Å². The number of hydrogen-bond acceptors (Lipinski definition) is 2. The Balaban J connectivity index is 2.75. The number of hydrogen-bond donors (Lipinski definition) is 1. The van der Waals surface area contributed by atoms with Gasteiger partial charge < -0.3 is 10.1 Å². The van der Waals surface area contributed by atoms with Crippen LogP contribution in [0.3, 0.4) is 0 Å². The fraction of sp³-hybridized carbons (Fsp3) is 0.625. The Bertz CT molecular complexity index is 362. The molecule has 0 aromatic heterocycles. The predicted molar refractivity (Wildman–Crippen MR) is 79.5 cm³/mol. The standard InChI is InChI=1S/C16H27NO/c1-6-12(3)10-14(7-2)17-15-9-8-13(4)11-16(15)18-5/h8-9,11-12,14,17H,6-7,10H2,1-5H3. The molecule has 0 spiro atoms. The van der Waals surface area contributed by atoms with Gasteiger partial charge in [0.15, 0.2) is 0 Å². The van der Waals surface area contributed by atoms with Gasteiger partial charge in [0.05, 0.1) is 12.8 Å². The van der Waals surface area contributed by atoms with Crippen molar-refractivity contribution in [2.75, 3.05) is 12.4 Å². The molecule has 1 rings (SSSR count). The van der Waals surface area contributed by atoms with E-state index in [9.17, 15) is 0 Å². The molecular formula is C16H27NO. The third kappa shape index (κ3) is 4.25. The maximum absolute atomic E-state index is 5.44. The van der Waals surface area contributed by atoms with Gasteiger partial charge in [-0.25, -0.2) is 0 Å². The Morgan fingerprint density at radius 2 is 1.94 bits per heavy atom. The molecule has 0 aliphatic heterocycles. The predicted octanol–water partition coefficient (Wildman–Crippen LogP) is 4.63. The first kappa shape index (κ1) is 14.9. The van der Waals surface area contributed by atoms with E-state index in [2.05, 4.69) is 51.2 Å². The number of nitrogens with one attached hydrogen (secondary N) is 1. The zero-order chi connectivity index (χ0) is 13.5. The van der Waals surface area contributed by atoms with Gasteiger partial charge in [-0.1, -0.05) is 33.3 Å². The Morgan fingerprint density at radius 3 is 2.50 bits per heavy atom. The molecule has 102 valence electrons. The van der Waals surface area contributed by atoms with Crippen LogP contribution in [-0.4, -0.2) is 13.2 Å². The van der Waals surface area contributed by atoms with Crippen molar-refractivity contribution in [1.82, 2.24) is 0 Å². The van der Waals surface area contributed by atoms with Crippen LogP contribution in [-0.2, 0) is 0 Å². The minimum absolute atomic E-state index is 0.525. The summed E-state index contributed by atoms with van der Waals surface area (Å²) in [5, 5.41) is 3.62. The Hall–Kier alpha value is -1.18. The smallest absolute Gasteiger partial charge is 0.142 e. The van der Waals surface area contributed by atoms with Crippen molar-refractivity contribution in [3.8, 4) is 5.75 Å². The molecule has 18 heavy (non-hydrogen) atoms. The summed E-state index contributed by atoms with van der Waals surface area (Å²) in [6.07, 6.45) is 3.59. The number of rotatable bonds is 7. The lowest BCUT2D eigenvalue weighted by atomic mass is 9.97. The summed E-state index contributed by atoms with van der Waals surface area (Å²) in [5.74, 6) is 1.71. The van der Waals surface area contributed by atoms with Crippen LogP contribution >= 0.6 is 0 Å². The van der Waals surface area contributed by atoms with Crippen LogP contribution in [0.2, 0.25) is 0 Å². The van der Waals surface area contributed by atoms with Gasteiger partial charge in [-0.15, -0.1) is 0 Å². The first-order chi connectivity index (χ1) is 8.60. The Morgan fingerprint density at radius 1 is 1.22 bits per heavy atom. The highest BCUT2D eigenvalue weighted by Crippen LogP contribution is 2.27. The molecule has 0 aliphatic carbocycles. The molecule has 1 aromatic carbocycles. The van der Waals surface area contributed by atoms with Crippen LogP contribution in [0.15, 0.2) is 18.2 Å². The highest BCUT2D eigenvalue weighted by atomic mass is 16.5. The second-order valence-electron chi connectivity index (χ2n) is 5.20. The molecule has 1 N–H and O–H groups in total. The quantitative estimate of drug-likeness (QED) is 0.760. The maximum atomic E-state index is 5.44. The maximum Gasteiger partial charge on any atom is 0.142 e. The lowest BCUT2D eigenvalue weighted by Gasteiger charge is -2.22. The summed E-state index contributed by atoms with van der Waals surface area (Å²) >= 11 is 0. The van der Waals surface area contributed by atoms with E-state index in [1.165, 1.54) is 18.4 Å². The fourth-order valence-corrected chi connectivity index (χ4v) is 2.12. The van der Waals surface area contributed by atoms with Crippen molar-refractivity contribution in [3.05, 3.63) is 23.8 Å². The van der Waals surface area contributed by atoms with Gasteiger partial charge in [-0.3, -0.25) is 0 Å². The van der Waals surface area contributed by atoms with Crippen molar-refractivity contribution in [3.63, 3.8) is 0 Å². The molecule has 0 saturated heterocycles. The molecule has 0 aliphatic rings. The van der Waals surface area contributed by atoms with E-state index in [4.69, 9.17) is 4.74 Å². The number of aryl methyl sites for hydroxylation is 1. The summed E-state index contributed by atoms with van der Waals surface area (Å²) in [7, 11) is 1.73. The lowest BCUT2D eigenvalue weighted by Crippen LogP contribution is -2.21. The van der Waals surface area contributed by atoms with E-state index in [1.54, 1.807) is 7.11 Å². The summed E-state index contributed by atoms with van der Waals surface area (Å²) in [6.45, 7) is 8.89. The fourth-order valence-electron chi connectivity index (χ4n) is 2.12. The van der Waals surface area contributed by atoms with Crippen molar-refractivity contribution in [1.29, 1.82) is 0 Å². The van der Waals surface area contributed by atoms with Gasteiger partial charge in [0.1, 0.15) is 5.75 Å². The molecule has 2 unspecified atom stereocenters.